The summed E-state index contributed by atoms with van der Waals surface area (Å²) in [5.74, 6) is 0. The molecule has 1 aliphatic rings. The van der Waals surface area contributed by atoms with Gasteiger partial charge in [0, 0.05) is 26.2 Å². The molecule has 0 saturated carbocycles. The summed E-state index contributed by atoms with van der Waals surface area (Å²) in [4.78, 5) is 0. The second kappa shape index (κ2) is 5.76. The predicted octanol–water partition coefficient (Wildman–Crippen LogP) is -1.11. The zero-order chi connectivity index (χ0) is 11.3. The number of nitrogens with one attached hydrogen (secondary N) is 1. The molecular weight excluding hydrogens is 218 g/mol. The molecule has 90 valence electrons. The minimum Gasteiger partial charge on any atom is -0.383 e. The molecule has 0 bridgehead atoms. The molecule has 15 heavy (non-hydrogen) atoms. The SMILES string of the molecule is COCCN(CC1CCCN1)S(N)(=O)=O. The van der Waals surface area contributed by atoms with E-state index in [1.807, 2.05) is 0 Å². The van der Waals surface area contributed by atoms with Crippen LogP contribution in [0.5, 0.6) is 0 Å². The van der Waals surface area contributed by atoms with E-state index in [0.29, 0.717) is 19.7 Å². The van der Waals surface area contributed by atoms with Crippen molar-refractivity contribution in [2.45, 2.75) is 18.9 Å². The van der Waals surface area contributed by atoms with Crippen molar-refractivity contribution >= 4 is 10.2 Å². The fourth-order valence-electron chi connectivity index (χ4n) is 1.67. The summed E-state index contributed by atoms with van der Waals surface area (Å²) in [5, 5.41) is 8.35. The van der Waals surface area contributed by atoms with Gasteiger partial charge in [-0.1, -0.05) is 0 Å². The fraction of sp³-hybridized carbons (Fsp3) is 1.00. The number of nitrogens with zero attached hydrogens (tertiary/aromatic N) is 1. The van der Waals surface area contributed by atoms with Crippen molar-refractivity contribution in [1.29, 1.82) is 0 Å². The quantitative estimate of drug-likeness (QED) is 0.613. The average Bonchev–Trinajstić information content (AvgIpc) is 2.62. The Balaban J connectivity index is 2.48. The maximum atomic E-state index is 11.2. The molecule has 1 atom stereocenters. The van der Waals surface area contributed by atoms with E-state index in [1.54, 1.807) is 0 Å². The van der Waals surface area contributed by atoms with Crippen molar-refractivity contribution in [3.63, 3.8) is 0 Å². The first-order valence-corrected chi connectivity index (χ1v) is 6.54. The summed E-state index contributed by atoms with van der Waals surface area (Å²) in [5.41, 5.74) is 0. The molecule has 6 nitrogen and oxygen atoms in total. The monoisotopic (exact) mass is 237 g/mol. The van der Waals surface area contributed by atoms with E-state index >= 15 is 0 Å². The molecule has 0 aliphatic carbocycles. The lowest BCUT2D eigenvalue weighted by Gasteiger charge is -2.22. The van der Waals surface area contributed by atoms with Crippen LogP contribution in [-0.2, 0) is 14.9 Å². The molecule has 7 heteroatoms. The summed E-state index contributed by atoms with van der Waals surface area (Å²) in [6.07, 6.45) is 2.09. The van der Waals surface area contributed by atoms with E-state index in [2.05, 4.69) is 5.32 Å². The van der Waals surface area contributed by atoms with Crippen LogP contribution in [0.15, 0.2) is 0 Å². The zero-order valence-corrected chi connectivity index (χ0v) is 9.79. The highest BCUT2D eigenvalue weighted by atomic mass is 32.2. The third-order valence-electron chi connectivity index (χ3n) is 2.49. The summed E-state index contributed by atoms with van der Waals surface area (Å²) >= 11 is 0. The van der Waals surface area contributed by atoms with Crippen molar-refractivity contribution in [2.24, 2.45) is 5.14 Å². The third kappa shape index (κ3) is 4.43. The topological polar surface area (TPSA) is 84.7 Å². The number of hydrogen-bond donors (Lipinski definition) is 2. The molecule has 1 rings (SSSR count). The van der Waals surface area contributed by atoms with E-state index < -0.39 is 10.2 Å². The van der Waals surface area contributed by atoms with Gasteiger partial charge in [-0.25, -0.2) is 5.14 Å². The van der Waals surface area contributed by atoms with Gasteiger partial charge < -0.3 is 10.1 Å². The molecule has 1 aliphatic heterocycles. The van der Waals surface area contributed by atoms with Crippen molar-refractivity contribution in [2.75, 3.05) is 33.4 Å². The summed E-state index contributed by atoms with van der Waals surface area (Å²) in [6.45, 7) is 2.06. The van der Waals surface area contributed by atoms with Crippen molar-refractivity contribution in [3.8, 4) is 0 Å². The van der Waals surface area contributed by atoms with Crippen LogP contribution in [0.4, 0.5) is 0 Å². The first-order valence-electron chi connectivity index (χ1n) is 5.04. The van der Waals surface area contributed by atoms with Crippen LogP contribution in [0, 0.1) is 0 Å². The minimum absolute atomic E-state index is 0.222. The molecule has 1 unspecified atom stereocenters. The van der Waals surface area contributed by atoms with Gasteiger partial charge in [-0.05, 0) is 19.4 Å². The Hall–Kier alpha value is -0.210. The van der Waals surface area contributed by atoms with E-state index in [9.17, 15) is 8.42 Å². The van der Waals surface area contributed by atoms with Gasteiger partial charge in [0.2, 0.25) is 0 Å². The number of hydrogen-bond acceptors (Lipinski definition) is 4. The molecule has 0 aromatic heterocycles. The molecule has 3 N–H and O–H groups in total. The van der Waals surface area contributed by atoms with Gasteiger partial charge in [-0.15, -0.1) is 0 Å². The first-order chi connectivity index (χ1) is 7.04. The van der Waals surface area contributed by atoms with E-state index in [0.717, 1.165) is 19.4 Å². The van der Waals surface area contributed by atoms with Crippen LogP contribution in [-0.4, -0.2) is 52.1 Å². The normalized spacial score (nSPS) is 22.5. The van der Waals surface area contributed by atoms with Gasteiger partial charge in [-0.3, -0.25) is 0 Å². The van der Waals surface area contributed by atoms with Gasteiger partial charge in [0.25, 0.3) is 10.2 Å². The van der Waals surface area contributed by atoms with Crippen molar-refractivity contribution in [3.05, 3.63) is 0 Å². The number of nitrogens with two attached hydrogens (primary N) is 1. The Labute approximate surface area is 90.9 Å². The van der Waals surface area contributed by atoms with Gasteiger partial charge in [0.15, 0.2) is 0 Å². The highest BCUT2D eigenvalue weighted by molar-refractivity contribution is 7.86. The van der Waals surface area contributed by atoms with Crippen molar-refractivity contribution < 1.29 is 13.2 Å². The second-order valence-electron chi connectivity index (χ2n) is 3.69. The molecule has 0 amide bonds. The molecule has 1 saturated heterocycles. The maximum Gasteiger partial charge on any atom is 0.277 e. The largest absolute Gasteiger partial charge is 0.383 e. The van der Waals surface area contributed by atoms with Crippen LogP contribution in [0.25, 0.3) is 0 Å². The average molecular weight is 237 g/mol. The van der Waals surface area contributed by atoms with Crippen LogP contribution < -0.4 is 10.5 Å². The molecule has 0 aromatic rings. The molecule has 0 spiro atoms. The fourth-order valence-corrected chi connectivity index (χ4v) is 2.39. The Morgan fingerprint density at radius 1 is 1.60 bits per heavy atom. The van der Waals surface area contributed by atoms with Crippen LogP contribution in [0.3, 0.4) is 0 Å². The predicted molar refractivity (Wildman–Crippen MR) is 57.6 cm³/mol. The van der Waals surface area contributed by atoms with Gasteiger partial charge in [0.05, 0.1) is 6.61 Å². The zero-order valence-electron chi connectivity index (χ0n) is 8.98. The molecule has 1 heterocycles. The summed E-state index contributed by atoms with van der Waals surface area (Å²) < 4.78 is 28.6. The van der Waals surface area contributed by atoms with Crippen molar-refractivity contribution in [1.82, 2.24) is 9.62 Å². The molecular formula is C8H19N3O3S. The lowest BCUT2D eigenvalue weighted by molar-refractivity contribution is 0.176. The summed E-state index contributed by atoms with van der Waals surface area (Å²) in [7, 11) is -2.07. The molecule has 1 fully saturated rings. The highest BCUT2D eigenvalue weighted by Gasteiger charge is 2.23. The lowest BCUT2D eigenvalue weighted by Crippen LogP contribution is -2.45. The van der Waals surface area contributed by atoms with Crippen LogP contribution in [0.2, 0.25) is 0 Å². The summed E-state index contributed by atoms with van der Waals surface area (Å²) in [6, 6.07) is 0.222. The molecule has 0 aromatic carbocycles. The van der Waals surface area contributed by atoms with Crippen LogP contribution >= 0.6 is 0 Å². The van der Waals surface area contributed by atoms with Gasteiger partial charge in [0.1, 0.15) is 0 Å². The van der Waals surface area contributed by atoms with Gasteiger partial charge in [-0.2, -0.15) is 12.7 Å². The van der Waals surface area contributed by atoms with Gasteiger partial charge >= 0.3 is 0 Å². The Bertz CT molecular complexity index is 275. The third-order valence-corrected chi connectivity index (χ3v) is 3.54. The first kappa shape index (κ1) is 12.9. The second-order valence-corrected chi connectivity index (χ2v) is 5.24. The Kier molecular flexibility index (Phi) is 4.94. The highest BCUT2D eigenvalue weighted by Crippen LogP contribution is 2.08. The van der Waals surface area contributed by atoms with E-state index in [-0.39, 0.29) is 6.04 Å². The number of rotatable bonds is 6. The minimum atomic E-state index is -3.61. The lowest BCUT2D eigenvalue weighted by atomic mass is 10.2. The Morgan fingerprint density at radius 2 is 2.33 bits per heavy atom. The number of methoxy groups -OCH3 is 1. The Morgan fingerprint density at radius 3 is 2.80 bits per heavy atom. The number of ether oxygens (including phenoxy) is 1. The van der Waals surface area contributed by atoms with E-state index in [4.69, 9.17) is 9.88 Å². The smallest absolute Gasteiger partial charge is 0.277 e. The van der Waals surface area contributed by atoms with Crippen LogP contribution in [0.1, 0.15) is 12.8 Å². The standard InChI is InChI=1S/C8H19N3O3S/c1-14-6-5-11(15(9,12)13)7-8-3-2-4-10-8/h8,10H,2-7H2,1H3,(H2,9,12,13). The maximum absolute atomic E-state index is 11.2. The molecule has 0 radical (unpaired) electrons. The van der Waals surface area contributed by atoms with E-state index in [1.165, 1.54) is 11.4 Å².